The summed E-state index contributed by atoms with van der Waals surface area (Å²) in [6.07, 6.45) is 15.5. The van der Waals surface area contributed by atoms with Gasteiger partial charge in [0, 0.05) is 0 Å². The third-order valence-corrected chi connectivity index (χ3v) is 8.63. The summed E-state index contributed by atoms with van der Waals surface area (Å²) in [5.74, 6) is -1.19. The van der Waals surface area contributed by atoms with Crippen LogP contribution in [-0.2, 0) is 9.59 Å². The molecule has 0 radical (unpaired) electrons. The molecule has 0 heterocycles. The SMILES string of the molecule is O=C(O)C1CCCCCCCC(c2ccc3cc(C4CCCCCCC(C(=O)O)C4)ccc3c2)C1. The Bertz CT molecular complexity index is 997. The Kier molecular flexibility index (Phi) is 9.23. The van der Waals surface area contributed by atoms with E-state index in [0.717, 1.165) is 64.2 Å². The van der Waals surface area contributed by atoms with Gasteiger partial charge in [-0.2, -0.15) is 0 Å². The third-order valence-electron chi connectivity index (χ3n) is 8.63. The molecule has 2 aromatic rings. The quantitative estimate of drug-likeness (QED) is 0.463. The van der Waals surface area contributed by atoms with Gasteiger partial charge in [0.15, 0.2) is 0 Å². The summed E-state index contributed by atoms with van der Waals surface area (Å²) in [7, 11) is 0. The Hall–Kier alpha value is -2.36. The molecule has 2 fully saturated rings. The van der Waals surface area contributed by atoms with E-state index in [0.29, 0.717) is 11.8 Å². The average Bonchev–Trinajstić information content (AvgIpc) is 2.98. The van der Waals surface area contributed by atoms with Crippen molar-refractivity contribution in [1.82, 2.24) is 0 Å². The molecule has 0 spiro atoms. The van der Waals surface area contributed by atoms with Crippen molar-refractivity contribution in [2.45, 2.75) is 108 Å². The molecule has 2 aliphatic carbocycles. The molecule has 4 nitrogen and oxygen atoms in total. The first-order chi connectivity index (χ1) is 17.0. The largest absolute Gasteiger partial charge is 0.481 e. The van der Waals surface area contributed by atoms with Crippen molar-refractivity contribution in [2.24, 2.45) is 11.8 Å². The third kappa shape index (κ3) is 7.08. The predicted molar refractivity (Wildman–Crippen MR) is 141 cm³/mol. The summed E-state index contributed by atoms with van der Waals surface area (Å²) in [6.45, 7) is 0. The predicted octanol–water partition coefficient (Wildman–Crippen LogP) is 8.29. The van der Waals surface area contributed by atoms with E-state index in [-0.39, 0.29) is 11.8 Å². The van der Waals surface area contributed by atoms with Crippen molar-refractivity contribution in [3.8, 4) is 0 Å². The van der Waals surface area contributed by atoms with Crippen molar-refractivity contribution >= 4 is 22.7 Å². The first-order valence-corrected chi connectivity index (χ1v) is 14.0. The minimum Gasteiger partial charge on any atom is -0.481 e. The maximum Gasteiger partial charge on any atom is 0.306 e. The number of hydrogen-bond acceptors (Lipinski definition) is 2. The highest BCUT2D eigenvalue weighted by Crippen LogP contribution is 2.37. The summed E-state index contributed by atoms with van der Waals surface area (Å²) in [6, 6.07) is 13.4. The van der Waals surface area contributed by atoms with Gasteiger partial charge in [0.2, 0.25) is 0 Å². The molecule has 0 aliphatic heterocycles. The van der Waals surface area contributed by atoms with Crippen LogP contribution in [-0.4, -0.2) is 22.2 Å². The molecular formula is C31H42O4. The minimum absolute atomic E-state index is 0.244. The summed E-state index contributed by atoms with van der Waals surface area (Å²) < 4.78 is 0. The van der Waals surface area contributed by atoms with Crippen LogP contribution in [0.25, 0.3) is 10.8 Å². The number of aliphatic carboxylic acids is 2. The first kappa shape index (κ1) is 25.7. The summed E-state index contributed by atoms with van der Waals surface area (Å²) in [5, 5.41) is 21.9. The van der Waals surface area contributed by atoms with Gasteiger partial charge in [-0.1, -0.05) is 94.2 Å². The number of carboxylic acid groups (broad SMARTS) is 2. The average molecular weight is 479 g/mol. The fraction of sp³-hybridized carbons (Fsp3) is 0.613. The van der Waals surface area contributed by atoms with Gasteiger partial charge in [-0.05, 0) is 72.3 Å². The molecular weight excluding hydrogens is 436 g/mol. The lowest BCUT2D eigenvalue weighted by molar-refractivity contribution is -0.143. The molecule has 4 unspecified atom stereocenters. The maximum absolute atomic E-state index is 11.9. The Balaban J connectivity index is 1.56. The lowest BCUT2D eigenvalue weighted by Gasteiger charge is -2.24. The van der Waals surface area contributed by atoms with Crippen molar-refractivity contribution in [1.29, 1.82) is 0 Å². The first-order valence-electron chi connectivity index (χ1n) is 14.0. The highest BCUT2D eigenvalue weighted by atomic mass is 16.4. The maximum atomic E-state index is 11.9. The number of benzene rings is 2. The number of hydrogen-bond donors (Lipinski definition) is 2. The Labute approximate surface area is 210 Å². The van der Waals surface area contributed by atoms with E-state index in [9.17, 15) is 19.8 Å². The van der Waals surface area contributed by atoms with Crippen LogP contribution < -0.4 is 0 Å². The normalized spacial score (nSPS) is 27.3. The Morgan fingerprint density at radius 1 is 0.543 bits per heavy atom. The standard InChI is InChI=1S/C31H42O4/c32-30(33)28-12-8-3-1-2-6-10-22(20-28)24-14-16-27-19-25(15-17-26(27)18-24)23-11-7-4-5-9-13-29(21-23)31(34)35/h14-19,22-23,28-29H,1-13,20-21H2,(H,32,33)(H,34,35). The summed E-state index contributed by atoms with van der Waals surface area (Å²) >= 11 is 0. The van der Waals surface area contributed by atoms with Crippen molar-refractivity contribution < 1.29 is 19.8 Å². The van der Waals surface area contributed by atoms with Crippen molar-refractivity contribution in [3.05, 3.63) is 47.5 Å². The molecule has 0 bridgehead atoms. The zero-order chi connectivity index (χ0) is 24.6. The van der Waals surface area contributed by atoms with Crippen LogP contribution >= 0.6 is 0 Å². The van der Waals surface area contributed by atoms with E-state index in [1.807, 2.05) is 0 Å². The number of rotatable bonds is 4. The van der Waals surface area contributed by atoms with Crippen LogP contribution in [0.2, 0.25) is 0 Å². The highest BCUT2D eigenvalue weighted by Gasteiger charge is 2.26. The van der Waals surface area contributed by atoms with Gasteiger partial charge in [-0.25, -0.2) is 0 Å². The van der Waals surface area contributed by atoms with Gasteiger partial charge in [0.25, 0.3) is 0 Å². The van der Waals surface area contributed by atoms with Crippen LogP contribution in [0.3, 0.4) is 0 Å². The molecule has 0 aromatic heterocycles. The van der Waals surface area contributed by atoms with E-state index >= 15 is 0 Å². The number of carboxylic acids is 2. The van der Waals surface area contributed by atoms with Crippen LogP contribution in [0.4, 0.5) is 0 Å². The second kappa shape index (κ2) is 12.6. The van der Waals surface area contributed by atoms with E-state index < -0.39 is 11.9 Å². The Morgan fingerprint density at radius 3 is 1.31 bits per heavy atom. The fourth-order valence-electron chi connectivity index (χ4n) is 6.45. The molecule has 4 atom stereocenters. The molecule has 2 aromatic carbocycles. The second-order valence-corrected chi connectivity index (χ2v) is 11.1. The summed E-state index contributed by atoms with van der Waals surface area (Å²) in [4.78, 5) is 23.7. The van der Waals surface area contributed by atoms with Gasteiger partial charge in [0.1, 0.15) is 0 Å². The van der Waals surface area contributed by atoms with Crippen LogP contribution in [0.5, 0.6) is 0 Å². The van der Waals surface area contributed by atoms with Gasteiger partial charge in [0.05, 0.1) is 11.8 Å². The topological polar surface area (TPSA) is 74.6 Å². The fourth-order valence-corrected chi connectivity index (χ4v) is 6.45. The monoisotopic (exact) mass is 478 g/mol. The number of carbonyl (C=O) groups is 2. The van der Waals surface area contributed by atoms with Gasteiger partial charge >= 0.3 is 11.9 Å². The molecule has 2 aliphatic rings. The highest BCUT2D eigenvalue weighted by molar-refractivity contribution is 5.84. The Morgan fingerprint density at radius 2 is 0.914 bits per heavy atom. The van der Waals surface area contributed by atoms with Gasteiger partial charge in [-0.15, -0.1) is 0 Å². The van der Waals surface area contributed by atoms with Crippen molar-refractivity contribution in [2.75, 3.05) is 0 Å². The molecule has 2 saturated carbocycles. The zero-order valence-electron chi connectivity index (χ0n) is 21.1. The lowest BCUT2D eigenvalue weighted by atomic mass is 9.81. The van der Waals surface area contributed by atoms with E-state index in [1.54, 1.807) is 0 Å². The van der Waals surface area contributed by atoms with Crippen LogP contribution in [0.1, 0.15) is 119 Å². The van der Waals surface area contributed by atoms with Gasteiger partial charge in [-0.3, -0.25) is 9.59 Å². The molecule has 0 saturated heterocycles. The molecule has 0 amide bonds. The van der Waals surface area contributed by atoms with Crippen LogP contribution in [0.15, 0.2) is 36.4 Å². The van der Waals surface area contributed by atoms with E-state index in [4.69, 9.17) is 0 Å². The molecule has 4 rings (SSSR count). The number of fused-ring (bicyclic) bond motifs is 1. The zero-order valence-corrected chi connectivity index (χ0v) is 21.1. The summed E-state index contributed by atoms with van der Waals surface area (Å²) in [5.41, 5.74) is 2.54. The second-order valence-electron chi connectivity index (χ2n) is 11.1. The van der Waals surface area contributed by atoms with E-state index in [1.165, 1.54) is 54.0 Å². The van der Waals surface area contributed by atoms with Crippen LogP contribution in [0, 0.1) is 11.8 Å². The molecule has 2 N–H and O–H groups in total. The van der Waals surface area contributed by atoms with E-state index in [2.05, 4.69) is 36.4 Å². The smallest absolute Gasteiger partial charge is 0.306 e. The van der Waals surface area contributed by atoms with Gasteiger partial charge < -0.3 is 10.2 Å². The molecule has 35 heavy (non-hydrogen) atoms. The lowest BCUT2D eigenvalue weighted by Crippen LogP contribution is -2.18. The minimum atomic E-state index is -0.646. The molecule has 190 valence electrons. The molecule has 4 heteroatoms. The van der Waals surface area contributed by atoms with Crippen molar-refractivity contribution in [3.63, 3.8) is 0 Å².